The van der Waals surface area contributed by atoms with Crippen LogP contribution in [0.5, 0.6) is 0 Å². The number of hydrogen-bond donors (Lipinski definition) is 1. The van der Waals surface area contributed by atoms with Crippen LogP contribution in [0.4, 0.5) is 4.39 Å². The molecular weight excluding hydrogens is 297 g/mol. The van der Waals surface area contributed by atoms with E-state index in [1.807, 2.05) is 6.07 Å². The van der Waals surface area contributed by atoms with Gasteiger partial charge in [0.25, 0.3) is 0 Å². The van der Waals surface area contributed by atoms with Gasteiger partial charge in [-0.25, -0.2) is 4.39 Å². The Kier molecular flexibility index (Phi) is 4.41. The first-order valence-corrected chi connectivity index (χ1v) is 7.23. The van der Waals surface area contributed by atoms with Gasteiger partial charge in [-0.1, -0.05) is 29.8 Å². The smallest absolute Gasteiger partial charge is 0.129 e. The largest absolute Gasteiger partial charge is 0.364 e. The third-order valence-corrected chi connectivity index (χ3v) is 4.26. The van der Waals surface area contributed by atoms with Crippen molar-refractivity contribution in [1.29, 1.82) is 0 Å². The lowest BCUT2D eigenvalue weighted by Gasteiger charge is -2.41. The van der Waals surface area contributed by atoms with Crippen LogP contribution < -0.4 is 5.32 Å². The lowest BCUT2D eigenvalue weighted by atomic mass is 9.93. The predicted octanol–water partition coefficient (Wildman–Crippen LogP) is 3.81. The molecule has 1 aromatic carbocycles. The van der Waals surface area contributed by atoms with E-state index in [4.69, 9.17) is 4.74 Å². The van der Waals surface area contributed by atoms with Crippen LogP contribution in [-0.4, -0.2) is 18.7 Å². The van der Waals surface area contributed by atoms with E-state index in [-0.39, 0.29) is 17.5 Å². The van der Waals surface area contributed by atoms with E-state index in [0.717, 1.165) is 23.9 Å². The summed E-state index contributed by atoms with van der Waals surface area (Å²) in [7, 11) is 0. The van der Waals surface area contributed by atoms with Crippen LogP contribution in [0.3, 0.4) is 0 Å². The van der Waals surface area contributed by atoms with Gasteiger partial charge in [0.1, 0.15) is 5.82 Å². The topological polar surface area (TPSA) is 21.3 Å². The summed E-state index contributed by atoms with van der Waals surface area (Å²) in [6.07, 6.45) is 1.65. The van der Waals surface area contributed by atoms with Crippen molar-refractivity contribution in [2.45, 2.75) is 38.4 Å². The zero-order chi connectivity index (χ0) is 13.2. The van der Waals surface area contributed by atoms with Gasteiger partial charge in [0.05, 0.1) is 11.7 Å². The van der Waals surface area contributed by atoms with Gasteiger partial charge in [-0.05, 0) is 31.0 Å². The highest BCUT2D eigenvalue weighted by molar-refractivity contribution is 9.10. The summed E-state index contributed by atoms with van der Waals surface area (Å²) in [6.45, 7) is 5.73. The second kappa shape index (κ2) is 5.68. The van der Waals surface area contributed by atoms with Crippen LogP contribution in [0.2, 0.25) is 0 Å². The first-order chi connectivity index (χ1) is 8.60. The van der Waals surface area contributed by atoms with E-state index in [2.05, 4.69) is 35.1 Å². The van der Waals surface area contributed by atoms with Gasteiger partial charge in [0.15, 0.2) is 0 Å². The summed E-state index contributed by atoms with van der Waals surface area (Å²) in [5.74, 6) is -0.201. The Morgan fingerprint density at radius 2 is 2.17 bits per heavy atom. The average molecular weight is 316 g/mol. The first kappa shape index (κ1) is 14.0. The second-order valence-electron chi connectivity index (χ2n) is 4.79. The molecule has 4 heteroatoms. The number of morpholine rings is 1. The van der Waals surface area contributed by atoms with Crippen LogP contribution in [-0.2, 0) is 4.74 Å². The molecule has 2 nitrogen and oxygen atoms in total. The monoisotopic (exact) mass is 315 g/mol. The number of nitrogens with one attached hydrogen (secondary N) is 1. The molecule has 1 N–H and O–H groups in total. The lowest BCUT2D eigenvalue weighted by molar-refractivity contribution is -0.123. The third kappa shape index (κ3) is 2.76. The quantitative estimate of drug-likeness (QED) is 0.916. The molecule has 1 aromatic rings. The number of ether oxygens (including phenoxy) is 1. The maximum Gasteiger partial charge on any atom is 0.129 e. The van der Waals surface area contributed by atoms with E-state index in [9.17, 15) is 4.39 Å². The first-order valence-electron chi connectivity index (χ1n) is 6.43. The highest BCUT2D eigenvalue weighted by Gasteiger charge is 2.35. The van der Waals surface area contributed by atoms with E-state index >= 15 is 0 Å². The Balaban J connectivity index is 2.25. The molecule has 0 saturated carbocycles. The van der Waals surface area contributed by atoms with Crippen LogP contribution in [0, 0.1) is 5.82 Å². The molecule has 1 unspecified atom stereocenters. The molecule has 2 rings (SSSR count). The molecule has 100 valence electrons. The van der Waals surface area contributed by atoms with Crippen molar-refractivity contribution >= 4 is 15.9 Å². The average Bonchev–Trinajstić information content (AvgIpc) is 2.41. The maximum absolute atomic E-state index is 13.9. The number of halogens is 2. The van der Waals surface area contributed by atoms with Crippen LogP contribution >= 0.6 is 15.9 Å². The molecule has 1 heterocycles. The Morgan fingerprint density at radius 3 is 2.83 bits per heavy atom. The highest BCUT2D eigenvalue weighted by Crippen LogP contribution is 2.33. The fourth-order valence-corrected chi connectivity index (χ4v) is 2.80. The molecule has 0 amide bonds. The Bertz CT molecular complexity index is 420. The van der Waals surface area contributed by atoms with E-state index < -0.39 is 0 Å². The van der Waals surface area contributed by atoms with Crippen LogP contribution in [0.25, 0.3) is 0 Å². The molecular formula is C14H19BrFNO. The molecule has 18 heavy (non-hydrogen) atoms. The molecule has 0 aromatic heterocycles. The number of hydrogen-bond acceptors (Lipinski definition) is 2. The molecule has 1 saturated heterocycles. The van der Waals surface area contributed by atoms with E-state index in [1.54, 1.807) is 6.07 Å². The molecule has 0 bridgehead atoms. The summed E-state index contributed by atoms with van der Waals surface area (Å²) in [4.78, 5) is 0. The van der Waals surface area contributed by atoms with Gasteiger partial charge >= 0.3 is 0 Å². The van der Waals surface area contributed by atoms with Crippen molar-refractivity contribution in [3.8, 4) is 0 Å². The van der Waals surface area contributed by atoms with Crippen LogP contribution in [0.1, 0.15) is 38.4 Å². The van der Waals surface area contributed by atoms with Gasteiger partial charge in [0, 0.05) is 23.1 Å². The molecule has 1 aliphatic rings. The van der Waals surface area contributed by atoms with Crippen molar-refractivity contribution < 1.29 is 9.13 Å². The molecule has 1 fully saturated rings. The van der Waals surface area contributed by atoms with E-state index in [0.29, 0.717) is 12.1 Å². The minimum Gasteiger partial charge on any atom is -0.364 e. The van der Waals surface area contributed by atoms with Gasteiger partial charge in [-0.15, -0.1) is 0 Å². The minimum atomic E-state index is -0.212. The van der Waals surface area contributed by atoms with E-state index in [1.165, 1.54) is 6.07 Å². The lowest BCUT2D eigenvalue weighted by Crippen LogP contribution is -2.50. The zero-order valence-corrected chi connectivity index (χ0v) is 12.4. The fourth-order valence-electron chi connectivity index (χ4n) is 2.42. The van der Waals surface area contributed by atoms with Gasteiger partial charge in [-0.2, -0.15) is 0 Å². The number of benzene rings is 1. The molecule has 1 atom stereocenters. The van der Waals surface area contributed by atoms with Crippen molar-refractivity contribution in [3.63, 3.8) is 0 Å². The van der Waals surface area contributed by atoms with Gasteiger partial charge in [-0.3, -0.25) is 0 Å². The Morgan fingerprint density at radius 1 is 1.44 bits per heavy atom. The summed E-state index contributed by atoms with van der Waals surface area (Å²) < 4.78 is 20.9. The SMILES string of the molecule is CCC1(CC)CNCC(c2cc(Br)ccc2F)O1. The van der Waals surface area contributed by atoms with Crippen LogP contribution in [0.15, 0.2) is 22.7 Å². The van der Waals surface area contributed by atoms with Crippen molar-refractivity contribution in [1.82, 2.24) is 5.32 Å². The molecule has 1 aliphatic heterocycles. The van der Waals surface area contributed by atoms with Crippen molar-refractivity contribution in [2.24, 2.45) is 0 Å². The third-order valence-electron chi connectivity index (χ3n) is 3.76. The van der Waals surface area contributed by atoms with Crippen molar-refractivity contribution in [2.75, 3.05) is 13.1 Å². The highest BCUT2D eigenvalue weighted by atomic mass is 79.9. The molecule has 0 spiro atoms. The number of rotatable bonds is 3. The molecule has 0 radical (unpaired) electrons. The summed E-state index contributed by atoms with van der Waals surface area (Å²) in [5.41, 5.74) is 0.459. The Labute approximate surface area is 116 Å². The predicted molar refractivity (Wildman–Crippen MR) is 74.1 cm³/mol. The molecule has 0 aliphatic carbocycles. The fraction of sp³-hybridized carbons (Fsp3) is 0.571. The standard InChI is InChI=1S/C14H19BrFNO/c1-3-14(4-2)9-17-8-13(18-14)11-7-10(15)5-6-12(11)16/h5-7,13,17H,3-4,8-9H2,1-2H3. The van der Waals surface area contributed by atoms with Crippen molar-refractivity contribution in [3.05, 3.63) is 34.1 Å². The summed E-state index contributed by atoms with van der Waals surface area (Å²) >= 11 is 3.38. The van der Waals surface area contributed by atoms with Gasteiger partial charge in [0.2, 0.25) is 0 Å². The zero-order valence-electron chi connectivity index (χ0n) is 10.8. The normalized spacial score (nSPS) is 23.0. The van der Waals surface area contributed by atoms with Gasteiger partial charge < -0.3 is 10.1 Å². The minimum absolute atomic E-state index is 0.169. The second-order valence-corrected chi connectivity index (χ2v) is 5.71. The summed E-state index contributed by atoms with van der Waals surface area (Å²) in [5, 5.41) is 3.37. The maximum atomic E-state index is 13.9. The Hall–Kier alpha value is -0.450. The summed E-state index contributed by atoms with van der Waals surface area (Å²) in [6, 6.07) is 5.00.